The first-order valence-corrected chi connectivity index (χ1v) is 8.05. The molecule has 0 saturated carbocycles. The fraction of sp³-hybridized carbons (Fsp3) is 0.267. The molecule has 2 nitrogen and oxygen atoms in total. The van der Waals surface area contributed by atoms with E-state index >= 15 is 0 Å². The highest BCUT2D eigenvalue weighted by molar-refractivity contribution is 7.99. The van der Waals surface area contributed by atoms with Crippen molar-refractivity contribution in [3.05, 3.63) is 52.1 Å². The van der Waals surface area contributed by atoms with Crippen molar-refractivity contribution in [2.45, 2.75) is 29.8 Å². The van der Waals surface area contributed by atoms with Crippen LogP contribution in [-0.2, 0) is 6.54 Å². The van der Waals surface area contributed by atoms with Gasteiger partial charge >= 0.3 is 0 Å². The largest absolute Gasteiger partial charge is 0.313 e. The number of aromatic nitrogens is 1. The van der Waals surface area contributed by atoms with Crippen molar-refractivity contribution in [1.82, 2.24) is 10.3 Å². The van der Waals surface area contributed by atoms with Crippen molar-refractivity contribution in [2.24, 2.45) is 0 Å². The van der Waals surface area contributed by atoms with Crippen LogP contribution in [0.25, 0.3) is 0 Å². The van der Waals surface area contributed by atoms with E-state index in [0.29, 0.717) is 10.0 Å². The molecule has 20 heavy (non-hydrogen) atoms. The summed E-state index contributed by atoms with van der Waals surface area (Å²) < 4.78 is 0. The molecule has 0 unspecified atom stereocenters. The first-order chi connectivity index (χ1) is 9.69. The Morgan fingerprint density at radius 3 is 2.75 bits per heavy atom. The van der Waals surface area contributed by atoms with Crippen LogP contribution in [0.3, 0.4) is 0 Å². The number of benzene rings is 1. The van der Waals surface area contributed by atoms with Crippen LogP contribution < -0.4 is 5.32 Å². The highest BCUT2D eigenvalue weighted by Crippen LogP contribution is 2.34. The van der Waals surface area contributed by atoms with Crippen LogP contribution in [0.1, 0.15) is 18.9 Å². The summed E-state index contributed by atoms with van der Waals surface area (Å²) in [6.07, 6.45) is 3.03. The summed E-state index contributed by atoms with van der Waals surface area (Å²) in [5, 5.41) is 5.63. The van der Waals surface area contributed by atoms with Gasteiger partial charge in [-0.25, -0.2) is 4.98 Å². The molecule has 5 heteroatoms. The Hall–Kier alpha value is -0.740. The predicted octanol–water partition coefficient (Wildman–Crippen LogP) is 5.04. The highest BCUT2D eigenvalue weighted by atomic mass is 35.5. The van der Waals surface area contributed by atoms with Gasteiger partial charge in [0.1, 0.15) is 5.03 Å². The molecular formula is C15H16Cl2N2S. The fourth-order valence-electron chi connectivity index (χ4n) is 1.65. The molecule has 0 fully saturated rings. The van der Waals surface area contributed by atoms with Gasteiger partial charge in [-0.2, -0.15) is 0 Å². The second-order valence-corrected chi connectivity index (χ2v) is 6.26. The van der Waals surface area contributed by atoms with Gasteiger partial charge in [-0.15, -0.1) is 0 Å². The van der Waals surface area contributed by atoms with Crippen molar-refractivity contribution < 1.29 is 0 Å². The lowest BCUT2D eigenvalue weighted by atomic mass is 10.3. The Kier molecular flexibility index (Phi) is 6.17. The lowest BCUT2D eigenvalue weighted by Crippen LogP contribution is -2.13. The van der Waals surface area contributed by atoms with Crippen LogP contribution in [0, 0.1) is 0 Å². The Balaban J connectivity index is 2.01. The van der Waals surface area contributed by atoms with E-state index in [1.165, 1.54) is 17.3 Å². The Bertz CT molecular complexity index is 558. The van der Waals surface area contributed by atoms with Gasteiger partial charge in [0.15, 0.2) is 0 Å². The standard InChI is InChI=1S/C15H16Cl2N2S/c1-2-7-18-9-11-3-6-15(19-10-11)20-14-8-12(16)4-5-13(14)17/h3-6,8,10,18H,2,7,9H2,1H3. The van der Waals surface area contributed by atoms with E-state index in [0.717, 1.165) is 29.4 Å². The minimum atomic E-state index is 0.678. The normalized spacial score (nSPS) is 10.8. The summed E-state index contributed by atoms with van der Waals surface area (Å²) in [4.78, 5) is 5.36. The summed E-state index contributed by atoms with van der Waals surface area (Å²) >= 11 is 13.6. The zero-order valence-corrected chi connectivity index (χ0v) is 13.5. The first-order valence-electron chi connectivity index (χ1n) is 6.47. The van der Waals surface area contributed by atoms with Gasteiger partial charge < -0.3 is 5.32 Å². The molecule has 2 rings (SSSR count). The minimum absolute atomic E-state index is 0.678. The Morgan fingerprint density at radius 2 is 2.05 bits per heavy atom. The van der Waals surface area contributed by atoms with Crippen LogP contribution in [-0.4, -0.2) is 11.5 Å². The lowest BCUT2D eigenvalue weighted by molar-refractivity contribution is 0.673. The topological polar surface area (TPSA) is 24.9 Å². The van der Waals surface area contributed by atoms with Crippen LogP contribution >= 0.6 is 35.0 Å². The first kappa shape index (κ1) is 15.6. The molecule has 1 aromatic carbocycles. The number of pyridine rings is 1. The molecule has 0 bridgehead atoms. The van der Waals surface area contributed by atoms with Crippen molar-refractivity contribution in [2.75, 3.05) is 6.54 Å². The quantitative estimate of drug-likeness (QED) is 0.753. The van der Waals surface area contributed by atoms with E-state index < -0.39 is 0 Å². The molecule has 106 valence electrons. The second-order valence-electron chi connectivity index (χ2n) is 4.36. The number of nitrogens with zero attached hydrogens (tertiary/aromatic N) is 1. The van der Waals surface area contributed by atoms with Crippen molar-refractivity contribution in [1.29, 1.82) is 0 Å². The third-order valence-electron chi connectivity index (χ3n) is 2.66. The van der Waals surface area contributed by atoms with Gasteiger partial charge in [-0.3, -0.25) is 0 Å². The summed E-state index contributed by atoms with van der Waals surface area (Å²) in [6.45, 7) is 4.03. The molecule has 0 aliphatic rings. The molecule has 0 saturated heterocycles. The number of hydrogen-bond donors (Lipinski definition) is 1. The van der Waals surface area contributed by atoms with E-state index in [1.807, 2.05) is 18.3 Å². The number of halogens is 2. The Morgan fingerprint density at radius 1 is 1.20 bits per heavy atom. The second kappa shape index (κ2) is 7.89. The van der Waals surface area contributed by atoms with Crippen molar-refractivity contribution in [3.8, 4) is 0 Å². The summed E-state index contributed by atoms with van der Waals surface area (Å²) in [5.74, 6) is 0. The van der Waals surface area contributed by atoms with Crippen LogP contribution in [0.5, 0.6) is 0 Å². The molecule has 0 spiro atoms. The molecule has 0 radical (unpaired) electrons. The van der Waals surface area contributed by atoms with Gasteiger partial charge in [0.05, 0.1) is 5.02 Å². The van der Waals surface area contributed by atoms with Gasteiger partial charge in [0.25, 0.3) is 0 Å². The van der Waals surface area contributed by atoms with Gasteiger partial charge in [0, 0.05) is 22.7 Å². The third-order valence-corrected chi connectivity index (χ3v) is 4.35. The summed E-state index contributed by atoms with van der Waals surface area (Å²) in [6, 6.07) is 9.52. The molecule has 1 heterocycles. The van der Waals surface area contributed by atoms with Gasteiger partial charge in [0.2, 0.25) is 0 Å². The maximum atomic E-state index is 6.14. The molecule has 1 N–H and O–H groups in total. The van der Waals surface area contributed by atoms with Crippen LogP contribution in [0.4, 0.5) is 0 Å². The van der Waals surface area contributed by atoms with E-state index in [9.17, 15) is 0 Å². The van der Waals surface area contributed by atoms with E-state index in [4.69, 9.17) is 23.2 Å². The molecular weight excluding hydrogens is 311 g/mol. The molecule has 1 aromatic heterocycles. The van der Waals surface area contributed by atoms with Crippen molar-refractivity contribution >= 4 is 35.0 Å². The Labute approximate surface area is 133 Å². The molecule has 0 atom stereocenters. The number of hydrogen-bond acceptors (Lipinski definition) is 3. The van der Waals surface area contributed by atoms with E-state index in [-0.39, 0.29) is 0 Å². The summed E-state index contributed by atoms with van der Waals surface area (Å²) in [5.41, 5.74) is 1.18. The lowest BCUT2D eigenvalue weighted by Gasteiger charge is -2.06. The maximum absolute atomic E-state index is 6.14. The SMILES string of the molecule is CCCNCc1ccc(Sc2cc(Cl)ccc2Cl)nc1. The average Bonchev–Trinajstić information content (AvgIpc) is 2.45. The molecule has 0 amide bonds. The summed E-state index contributed by atoms with van der Waals surface area (Å²) in [7, 11) is 0. The maximum Gasteiger partial charge on any atom is 0.101 e. The molecule has 2 aromatic rings. The highest BCUT2D eigenvalue weighted by Gasteiger charge is 2.05. The van der Waals surface area contributed by atoms with E-state index in [1.54, 1.807) is 12.1 Å². The average molecular weight is 327 g/mol. The molecule has 0 aliphatic heterocycles. The van der Waals surface area contributed by atoms with Crippen LogP contribution in [0.15, 0.2) is 46.5 Å². The third kappa shape index (κ3) is 4.67. The van der Waals surface area contributed by atoms with Crippen LogP contribution in [0.2, 0.25) is 10.0 Å². The molecule has 0 aliphatic carbocycles. The zero-order chi connectivity index (χ0) is 14.4. The zero-order valence-electron chi connectivity index (χ0n) is 11.2. The predicted molar refractivity (Wildman–Crippen MR) is 86.8 cm³/mol. The van der Waals surface area contributed by atoms with Gasteiger partial charge in [-0.05, 0) is 42.8 Å². The number of nitrogens with one attached hydrogen (secondary N) is 1. The van der Waals surface area contributed by atoms with Gasteiger partial charge in [-0.1, -0.05) is 48.0 Å². The smallest absolute Gasteiger partial charge is 0.101 e. The fourth-order valence-corrected chi connectivity index (χ4v) is 2.94. The van der Waals surface area contributed by atoms with E-state index in [2.05, 4.69) is 23.3 Å². The number of rotatable bonds is 6. The minimum Gasteiger partial charge on any atom is -0.313 e. The monoisotopic (exact) mass is 326 g/mol. The van der Waals surface area contributed by atoms with Crippen molar-refractivity contribution in [3.63, 3.8) is 0 Å².